The summed E-state index contributed by atoms with van der Waals surface area (Å²) in [6.07, 6.45) is 4.37. The zero-order valence-corrected chi connectivity index (χ0v) is 23.5. The van der Waals surface area contributed by atoms with Crippen LogP contribution in [0.3, 0.4) is 0 Å². The van der Waals surface area contributed by atoms with Crippen LogP contribution in [0.25, 0.3) is 0 Å². The average Bonchev–Trinajstić information content (AvgIpc) is 3.27. The van der Waals surface area contributed by atoms with Crippen LogP contribution in [0.5, 0.6) is 11.5 Å². The number of aryl methyl sites for hydroxylation is 1. The van der Waals surface area contributed by atoms with Crippen LogP contribution < -0.4 is 15.0 Å². The molecular formula is C35H36N2O3. The largest absolute Gasteiger partial charge is 0.456 e. The van der Waals surface area contributed by atoms with Gasteiger partial charge in [0.05, 0.1) is 11.1 Å². The lowest BCUT2D eigenvalue weighted by atomic mass is 9.76. The van der Waals surface area contributed by atoms with E-state index in [1.807, 2.05) is 60.7 Å². The highest BCUT2D eigenvalue weighted by atomic mass is 16.6. The van der Waals surface area contributed by atoms with Gasteiger partial charge in [-0.15, -0.1) is 0 Å². The van der Waals surface area contributed by atoms with Gasteiger partial charge in [0.2, 0.25) is 0 Å². The zero-order chi connectivity index (χ0) is 27.7. The molecule has 0 amide bonds. The highest BCUT2D eigenvalue weighted by Crippen LogP contribution is 2.59. The fourth-order valence-corrected chi connectivity index (χ4v) is 5.98. The lowest BCUT2D eigenvalue weighted by Crippen LogP contribution is -2.37. The third-order valence-electron chi connectivity index (χ3n) is 8.01. The van der Waals surface area contributed by atoms with Crippen molar-refractivity contribution >= 4 is 23.0 Å². The van der Waals surface area contributed by atoms with E-state index in [1.54, 1.807) is 0 Å². The monoisotopic (exact) mass is 532 g/mol. The Hall–Kier alpha value is -4.25. The molecule has 2 heterocycles. The van der Waals surface area contributed by atoms with Crippen molar-refractivity contribution < 1.29 is 14.3 Å². The van der Waals surface area contributed by atoms with Gasteiger partial charge in [0.1, 0.15) is 11.5 Å². The first kappa shape index (κ1) is 26.0. The number of ether oxygens (including phenoxy) is 2. The number of unbranched alkanes of at least 4 members (excludes halogenated alkanes) is 2. The molecule has 40 heavy (non-hydrogen) atoms. The molecule has 2 aliphatic heterocycles. The Morgan fingerprint density at radius 1 is 0.800 bits per heavy atom. The van der Waals surface area contributed by atoms with Crippen LogP contribution in [0, 0.1) is 6.92 Å². The number of benzene rings is 4. The Morgan fingerprint density at radius 2 is 1.52 bits per heavy atom. The van der Waals surface area contributed by atoms with Crippen molar-refractivity contribution in [3.05, 3.63) is 113 Å². The first-order valence-electron chi connectivity index (χ1n) is 14.4. The second kappa shape index (κ2) is 10.7. The number of rotatable bonds is 9. The van der Waals surface area contributed by atoms with Gasteiger partial charge in [-0.3, -0.25) is 0 Å². The lowest BCUT2D eigenvalue weighted by Gasteiger charge is -2.40. The summed E-state index contributed by atoms with van der Waals surface area (Å²) in [5, 5.41) is 3.57. The van der Waals surface area contributed by atoms with Gasteiger partial charge >= 0.3 is 5.97 Å². The molecule has 4 aromatic rings. The molecule has 1 spiro atoms. The molecule has 0 radical (unpaired) electrons. The third-order valence-corrected chi connectivity index (χ3v) is 8.01. The number of para-hydroxylation sites is 1. The van der Waals surface area contributed by atoms with Crippen molar-refractivity contribution in [2.45, 2.75) is 52.1 Å². The van der Waals surface area contributed by atoms with Crippen LogP contribution in [-0.2, 0) is 10.3 Å². The quantitative estimate of drug-likeness (QED) is 0.219. The SMILES string of the molecule is CCCCN(CCCC)c1cccc2c1C1(OC(=O)c3ccccc31)c1cc(Nc3ccccc3)c(C)cc1O2. The molecule has 1 N–H and O–H groups in total. The van der Waals surface area contributed by atoms with E-state index in [9.17, 15) is 4.79 Å². The number of hydrogen-bond donors (Lipinski definition) is 1. The second-order valence-corrected chi connectivity index (χ2v) is 10.7. The molecule has 2 aliphatic rings. The summed E-state index contributed by atoms with van der Waals surface area (Å²) >= 11 is 0. The summed E-state index contributed by atoms with van der Waals surface area (Å²) < 4.78 is 13.2. The van der Waals surface area contributed by atoms with E-state index in [0.717, 1.165) is 83.8 Å². The molecule has 5 heteroatoms. The fraction of sp³-hybridized carbons (Fsp3) is 0.286. The van der Waals surface area contributed by atoms with Gasteiger partial charge in [0.25, 0.3) is 0 Å². The number of carbonyl (C=O) groups excluding carboxylic acids is 1. The Morgan fingerprint density at radius 3 is 2.27 bits per heavy atom. The number of nitrogens with zero attached hydrogens (tertiary/aromatic N) is 1. The van der Waals surface area contributed by atoms with Crippen LogP contribution in [0.2, 0.25) is 0 Å². The van der Waals surface area contributed by atoms with Gasteiger partial charge in [-0.25, -0.2) is 4.79 Å². The first-order chi connectivity index (χ1) is 19.6. The second-order valence-electron chi connectivity index (χ2n) is 10.7. The van der Waals surface area contributed by atoms with Crippen LogP contribution in [0.1, 0.15) is 72.1 Å². The van der Waals surface area contributed by atoms with Gasteiger partial charge in [-0.2, -0.15) is 0 Å². The Balaban J connectivity index is 1.60. The van der Waals surface area contributed by atoms with E-state index in [2.05, 4.69) is 55.3 Å². The van der Waals surface area contributed by atoms with E-state index < -0.39 is 5.60 Å². The predicted molar refractivity (Wildman–Crippen MR) is 161 cm³/mol. The first-order valence-corrected chi connectivity index (χ1v) is 14.4. The van der Waals surface area contributed by atoms with Crippen LogP contribution >= 0.6 is 0 Å². The van der Waals surface area contributed by atoms with Gasteiger partial charge in [0.15, 0.2) is 5.60 Å². The van der Waals surface area contributed by atoms with Gasteiger partial charge in [-0.05, 0) is 67.8 Å². The number of esters is 1. The standard InChI is InChI=1S/C35H36N2O3/c1-4-6-20-37(21-7-5-2)30-18-13-19-31-33(30)35(27-17-12-11-16-26(27)34(38)40-35)28-23-29(24(3)22-32(28)39-31)36-25-14-9-8-10-15-25/h8-19,22-23,36H,4-7,20-21H2,1-3H3. The summed E-state index contributed by atoms with van der Waals surface area (Å²) in [6.45, 7) is 8.37. The van der Waals surface area contributed by atoms with E-state index in [0.29, 0.717) is 11.3 Å². The average molecular weight is 533 g/mol. The molecule has 0 saturated carbocycles. The molecule has 6 rings (SSSR count). The van der Waals surface area contributed by atoms with Gasteiger partial charge in [-0.1, -0.05) is 69.2 Å². The third kappa shape index (κ3) is 4.30. The van der Waals surface area contributed by atoms with E-state index >= 15 is 0 Å². The normalized spacial score (nSPS) is 16.5. The Labute approximate surface area is 236 Å². The Bertz CT molecular complexity index is 1540. The van der Waals surface area contributed by atoms with Crippen LogP contribution in [0.15, 0.2) is 84.9 Å². The summed E-state index contributed by atoms with van der Waals surface area (Å²) in [6, 6.07) is 28.3. The van der Waals surface area contributed by atoms with Gasteiger partial charge in [0, 0.05) is 41.3 Å². The lowest BCUT2D eigenvalue weighted by molar-refractivity contribution is 0.0226. The summed E-state index contributed by atoms with van der Waals surface area (Å²) in [7, 11) is 0. The maximum absolute atomic E-state index is 13.5. The number of nitrogens with one attached hydrogen (secondary N) is 1. The van der Waals surface area contributed by atoms with Crippen LogP contribution in [-0.4, -0.2) is 19.1 Å². The molecule has 5 nitrogen and oxygen atoms in total. The zero-order valence-electron chi connectivity index (χ0n) is 23.5. The molecule has 0 aliphatic carbocycles. The Kier molecular flexibility index (Phi) is 6.97. The minimum absolute atomic E-state index is 0.309. The van der Waals surface area contributed by atoms with Crippen molar-refractivity contribution in [2.75, 3.05) is 23.3 Å². The minimum atomic E-state index is -1.12. The molecule has 1 atom stereocenters. The van der Waals surface area contributed by atoms with Crippen molar-refractivity contribution in [1.82, 2.24) is 0 Å². The number of anilines is 3. The van der Waals surface area contributed by atoms with E-state index in [1.165, 1.54) is 0 Å². The summed E-state index contributed by atoms with van der Waals surface area (Å²) in [5.74, 6) is 1.13. The van der Waals surface area contributed by atoms with Gasteiger partial charge < -0.3 is 19.7 Å². The van der Waals surface area contributed by atoms with E-state index in [-0.39, 0.29) is 5.97 Å². The minimum Gasteiger partial charge on any atom is -0.456 e. The molecule has 1 unspecified atom stereocenters. The highest BCUT2D eigenvalue weighted by molar-refractivity contribution is 5.97. The van der Waals surface area contributed by atoms with E-state index in [4.69, 9.17) is 9.47 Å². The smallest absolute Gasteiger partial charge is 0.340 e. The van der Waals surface area contributed by atoms with Crippen LogP contribution in [0.4, 0.5) is 17.1 Å². The fourth-order valence-electron chi connectivity index (χ4n) is 5.98. The highest BCUT2D eigenvalue weighted by Gasteiger charge is 2.55. The molecule has 0 aromatic heterocycles. The van der Waals surface area contributed by atoms with Crippen molar-refractivity contribution in [2.24, 2.45) is 0 Å². The maximum Gasteiger partial charge on any atom is 0.340 e. The van der Waals surface area contributed by atoms with Crippen molar-refractivity contribution in [3.8, 4) is 11.5 Å². The number of carbonyl (C=O) groups is 1. The molecular weight excluding hydrogens is 496 g/mol. The predicted octanol–water partition coefficient (Wildman–Crippen LogP) is 8.71. The topological polar surface area (TPSA) is 50.8 Å². The summed E-state index contributed by atoms with van der Waals surface area (Å²) in [4.78, 5) is 16.0. The molecule has 0 bridgehead atoms. The molecule has 204 valence electrons. The number of fused-ring (bicyclic) bond motifs is 6. The number of hydrogen-bond acceptors (Lipinski definition) is 5. The van der Waals surface area contributed by atoms with Crippen molar-refractivity contribution in [3.63, 3.8) is 0 Å². The molecule has 4 aromatic carbocycles. The molecule has 0 saturated heterocycles. The molecule has 0 fully saturated rings. The maximum atomic E-state index is 13.5. The van der Waals surface area contributed by atoms with Crippen molar-refractivity contribution in [1.29, 1.82) is 0 Å². The summed E-state index contributed by atoms with van der Waals surface area (Å²) in [5.41, 5.74) is 6.12.